The summed E-state index contributed by atoms with van der Waals surface area (Å²) < 4.78 is 6.43. The lowest BCUT2D eigenvalue weighted by molar-refractivity contribution is -0.141. The van der Waals surface area contributed by atoms with Gasteiger partial charge in [-0.15, -0.1) is 5.10 Å². The fraction of sp³-hybridized carbons (Fsp3) is 0.172. The Morgan fingerprint density at radius 1 is 0.974 bits per heavy atom. The number of rotatable bonds is 10. The average Bonchev–Trinajstić information content (AvgIpc) is 3.40. The molecule has 190 valence electrons. The molecule has 4 heterocycles. The summed E-state index contributed by atoms with van der Waals surface area (Å²) in [7, 11) is 1.31. The lowest BCUT2D eigenvalue weighted by Gasteiger charge is -2.12. The van der Waals surface area contributed by atoms with Crippen molar-refractivity contribution in [3.05, 3.63) is 96.7 Å². The van der Waals surface area contributed by atoms with Crippen molar-refractivity contribution in [2.45, 2.75) is 25.8 Å². The number of benzene rings is 1. The first kappa shape index (κ1) is 24.8. The molecule has 0 aliphatic heterocycles. The fourth-order valence-electron chi connectivity index (χ4n) is 4.16. The largest absolute Gasteiger partial charge is 0.469 e. The van der Waals surface area contributed by atoms with Gasteiger partial charge in [-0.3, -0.25) is 19.6 Å². The molecule has 38 heavy (non-hydrogen) atoms. The van der Waals surface area contributed by atoms with Crippen LogP contribution in [0.1, 0.15) is 24.1 Å². The van der Waals surface area contributed by atoms with E-state index in [0.717, 1.165) is 27.9 Å². The van der Waals surface area contributed by atoms with E-state index in [-0.39, 0.29) is 25.0 Å². The Kier molecular flexibility index (Phi) is 7.44. The highest BCUT2D eigenvalue weighted by molar-refractivity contribution is 5.89. The summed E-state index contributed by atoms with van der Waals surface area (Å²) in [5.74, 6) is 0.650. The molecule has 0 unspecified atom stereocenters. The number of carbonyl (C=O) groups excluding carboxylic acids is 2. The maximum Gasteiger partial charge on any atom is 0.305 e. The molecular formula is C29H26N6O3. The zero-order chi connectivity index (χ0) is 26.3. The third-order valence-corrected chi connectivity index (χ3v) is 6.05. The molecule has 4 aromatic heterocycles. The van der Waals surface area contributed by atoms with E-state index in [1.807, 2.05) is 54.7 Å². The topological polar surface area (TPSA) is 111 Å². The summed E-state index contributed by atoms with van der Waals surface area (Å²) in [5, 5.41) is 8.20. The highest BCUT2D eigenvalue weighted by Gasteiger charge is 2.16. The van der Waals surface area contributed by atoms with Crippen LogP contribution >= 0.6 is 0 Å². The highest BCUT2D eigenvalue weighted by Crippen LogP contribution is 2.31. The summed E-state index contributed by atoms with van der Waals surface area (Å²) in [6.07, 6.45) is 7.32. The third kappa shape index (κ3) is 5.73. The number of anilines is 1. The number of carbonyl (C=O) groups is 2. The van der Waals surface area contributed by atoms with Crippen LogP contribution in [-0.4, -0.2) is 43.4 Å². The Balaban J connectivity index is 1.48. The predicted octanol–water partition coefficient (Wildman–Crippen LogP) is 4.53. The molecule has 5 rings (SSSR count). The molecule has 0 saturated carbocycles. The Morgan fingerprint density at radius 3 is 2.61 bits per heavy atom. The van der Waals surface area contributed by atoms with Crippen molar-refractivity contribution in [2.75, 3.05) is 12.4 Å². The van der Waals surface area contributed by atoms with Crippen LogP contribution in [-0.2, 0) is 27.3 Å². The number of pyridine rings is 2. The first-order valence-electron chi connectivity index (χ1n) is 12.2. The number of hydrogen-bond donors (Lipinski definition) is 1. The normalized spacial score (nSPS) is 10.9. The summed E-state index contributed by atoms with van der Waals surface area (Å²) >= 11 is 0. The lowest BCUT2D eigenvalue weighted by atomic mass is 10.1. The molecule has 0 spiro atoms. The first-order valence-corrected chi connectivity index (χ1v) is 12.2. The van der Waals surface area contributed by atoms with E-state index in [1.54, 1.807) is 23.1 Å². The number of nitrogens with one attached hydrogen (secondary N) is 1. The average molecular weight is 507 g/mol. The van der Waals surface area contributed by atoms with Gasteiger partial charge in [-0.1, -0.05) is 36.4 Å². The van der Waals surface area contributed by atoms with Crippen molar-refractivity contribution < 1.29 is 14.3 Å². The van der Waals surface area contributed by atoms with Gasteiger partial charge in [-0.2, -0.15) is 0 Å². The van der Waals surface area contributed by atoms with Crippen LogP contribution in [0.15, 0.2) is 85.5 Å². The van der Waals surface area contributed by atoms with E-state index < -0.39 is 5.97 Å². The van der Waals surface area contributed by atoms with Crippen LogP contribution < -0.4 is 5.32 Å². The molecule has 1 N–H and O–H groups in total. The molecule has 5 aromatic rings. The van der Waals surface area contributed by atoms with Crippen molar-refractivity contribution in [1.29, 1.82) is 0 Å². The number of aromatic nitrogens is 5. The Morgan fingerprint density at radius 2 is 1.82 bits per heavy atom. The maximum atomic E-state index is 12.4. The number of esters is 1. The number of fused-ring (bicyclic) bond motifs is 1. The zero-order valence-corrected chi connectivity index (χ0v) is 20.9. The fourth-order valence-corrected chi connectivity index (χ4v) is 4.16. The van der Waals surface area contributed by atoms with Crippen molar-refractivity contribution in [3.8, 4) is 22.5 Å². The first-order chi connectivity index (χ1) is 18.6. The van der Waals surface area contributed by atoms with Crippen LogP contribution in [0, 0.1) is 0 Å². The molecule has 0 amide bonds. The van der Waals surface area contributed by atoms with E-state index >= 15 is 0 Å². The maximum absolute atomic E-state index is 12.4. The Hall–Kier alpha value is -4.92. The molecule has 0 bridgehead atoms. The van der Waals surface area contributed by atoms with Gasteiger partial charge in [0.1, 0.15) is 11.3 Å². The lowest BCUT2D eigenvalue weighted by Crippen LogP contribution is -2.09. The summed E-state index contributed by atoms with van der Waals surface area (Å²) in [6, 6.07) is 19.7. The van der Waals surface area contributed by atoms with Gasteiger partial charge < -0.3 is 10.1 Å². The van der Waals surface area contributed by atoms with E-state index in [1.165, 1.54) is 7.11 Å². The van der Waals surface area contributed by atoms with Gasteiger partial charge in [0.05, 0.1) is 25.8 Å². The Bertz CT molecular complexity index is 1570. The molecule has 0 aliphatic rings. The number of ether oxygens (including phenoxy) is 1. The van der Waals surface area contributed by atoms with Crippen molar-refractivity contribution >= 4 is 23.1 Å². The third-order valence-electron chi connectivity index (χ3n) is 6.05. The SMILES string of the molecule is COC(=O)CCC(=O)Cc1cncc(-c2nc(NCc3ccccn3)c3c(-c4ccccc4)ccn3n2)c1. The van der Waals surface area contributed by atoms with Crippen molar-refractivity contribution in [1.82, 2.24) is 24.6 Å². The minimum atomic E-state index is -0.403. The number of methoxy groups -OCH3 is 1. The standard InChI is InChI=1S/C29H26N6O3/c1-38-26(37)11-10-24(36)16-20-15-22(18-30-17-20)28-33-29(32-19-23-9-5-6-13-31-23)27-25(12-14-35(27)34-28)21-7-3-2-4-8-21/h2-9,12-15,17-18H,10-11,16,19H2,1H3,(H,32,33,34). The van der Waals surface area contributed by atoms with E-state index in [2.05, 4.69) is 32.2 Å². The molecule has 0 saturated heterocycles. The number of Topliss-reactive ketones (excluding diaryl/α,β-unsaturated/α-hetero) is 1. The van der Waals surface area contributed by atoms with Crippen molar-refractivity contribution in [3.63, 3.8) is 0 Å². The van der Waals surface area contributed by atoms with Crippen LogP contribution in [0.3, 0.4) is 0 Å². The van der Waals surface area contributed by atoms with Gasteiger partial charge >= 0.3 is 5.97 Å². The van der Waals surface area contributed by atoms with E-state index in [9.17, 15) is 9.59 Å². The minimum Gasteiger partial charge on any atom is -0.469 e. The van der Waals surface area contributed by atoms with Crippen LogP contribution in [0.2, 0.25) is 0 Å². The summed E-state index contributed by atoms with van der Waals surface area (Å²) in [4.78, 5) is 37.4. The van der Waals surface area contributed by atoms with Gasteiger partial charge in [0, 0.05) is 48.8 Å². The minimum absolute atomic E-state index is 0.0604. The van der Waals surface area contributed by atoms with Gasteiger partial charge in [0.2, 0.25) is 0 Å². The second kappa shape index (κ2) is 11.4. The molecular weight excluding hydrogens is 480 g/mol. The van der Waals surface area contributed by atoms with Crippen molar-refractivity contribution in [2.24, 2.45) is 0 Å². The quantitative estimate of drug-likeness (QED) is 0.275. The second-order valence-corrected chi connectivity index (χ2v) is 8.72. The number of nitrogens with zero attached hydrogens (tertiary/aromatic N) is 5. The molecule has 0 atom stereocenters. The molecule has 1 aromatic carbocycles. The highest BCUT2D eigenvalue weighted by atomic mass is 16.5. The molecule has 0 radical (unpaired) electrons. The molecule has 9 heteroatoms. The summed E-state index contributed by atoms with van der Waals surface area (Å²) in [6.45, 7) is 0.485. The summed E-state index contributed by atoms with van der Waals surface area (Å²) in [5.41, 5.74) is 5.19. The number of hydrogen-bond acceptors (Lipinski definition) is 8. The van der Waals surface area contributed by atoms with Gasteiger partial charge in [-0.05, 0) is 35.4 Å². The zero-order valence-electron chi connectivity index (χ0n) is 20.9. The second-order valence-electron chi connectivity index (χ2n) is 8.72. The number of ketones is 1. The van der Waals surface area contributed by atoms with Crippen LogP contribution in [0.4, 0.5) is 5.82 Å². The van der Waals surface area contributed by atoms with Gasteiger partial charge in [-0.25, -0.2) is 9.50 Å². The van der Waals surface area contributed by atoms with Gasteiger partial charge in [0.15, 0.2) is 11.6 Å². The smallest absolute Gasteiger partial charge is 0.305 e. The van der Waals surface area contributed by atoms with Gasteiger partial charge in [0.25, 0.3) is 0 Å². The monoisotopic (exact) mass is 506 g/mol. The molecule has 9 nitrogen and oxygen atoms in total. The van der Waals surface area contributed by atoms with Crippen LogP contribution in [0.5, 0.6) is 0 Å². The van der Waals surface area contributed by atoms with E-state index in [4.69, 9.17) is 10.1 Å². The Labute approximate surface area is 219 Å². The molecule has 0 fully saturated rings. The van der Waals surface area contributed by atoms with E-state index in [0.29, 0.717) is 23.8 Å². The predicted molar refractivity (Wildman–Crippen MR) is 143 cm³/mol. The molecule has 0 aliphatic carbocycles. The van der Waals surface area contributed by atoms with Crippen LogP contribution in [0.25, 0.3) is 28.0 Å².